The molecular formula is C17H23BFNO3. The molecule has 2 fully saturated rings. The minimum absolute atomic E-state index is 0.136. The van der Waals surface area contributed by atoms with Crippen LogP contribution in [0.5, 0.6) is 0 Å². The Hall–Kier alpha value is -1.40. The summed E-state index contributed by atoms with van der Waals surface area (Å²) < 4.78 is 25.4. The number of alkyl halides is 1. The average molecular weight is 319 g/mol. The minimum Gasteiger partial charge on any atom is -0.399 e. The quantitative estimate of drug-likeness (QED) is 0.784. The van der Waals surface area contributed by atoms with Crippen LogP contribution < -0.4 is 5.46 Å². The molecule has 0 unspecified atom stereocenters. The lowest BCUT2D eigenvalue weighted by molar-refractivity contribution is 0.00578. The van der Waals surface area contributed by atoms with Gasteiger partial charge in [-0.25, -0.2) is 4.39 Å². The molecule has 0 spiro atoms. The van der Waals surface area contributed by atoms with Crippen molar-refractivity contribution < 1.29 is 18.5 Å². The molecule has 23 heavy (non-hydrogen) atoms. The molecular weight excluding hydrogens is 296 g/mol. The van der Waals surface area contributed by atoms with Crippen LogP contribution >= 0.6 is 0 Å². The van der Waals surface area contributed by atoms with Gasteiger partial charge in [-0.15, -0.1) is 0 Å². The summed E-state index contributed by atoms with van der Waals surface area (Å²) in [6.45, 7) is 8.63. The highest BCUT2D eigenvalue weighted by atomic mass is 19.1. The number of likely N-dealkylation sites (tertiary alicyclic amines) is 1. The summed E-state index contributed by atoms with van der Waals surface area (Å²) in [5, 5.41) is 0. The first kappa shape index (κ1) is 16.5. The highest BCUT2D eigenvalue weighted by Gasteiger charge is 2.51. The fraction of sp³-hybridized carbons (Fsp3) is 0.588. The fourth-order valence-electron chi connectivity index (χ4n) is 2.88. The van der Waals surface area contributed by atoms with Gasteiger partial charge in [0.25, 0.3) is 5.91 Å². The SMILES string of the molecule is CC1(C)OB(c2cccc(C(=O)N3CC[C@H](F)C3)c2)OC1(C)C. The number of amides is 1. The van der Waals surface area contributed by atoms with E-state index < -0.39 is 24.5 Å². The molecule has 0 aliphatic carbocycles. The fourth-order valence-corrected chi connectivity index (χ4v) is 2.88. The molecule has 1 atom stereocenters. The molecule has 0 saturated carbocycles. The molecule has 2 aliphatic rings. The van der Waals surface area contributed by atoms with Crippen molar-refractivity contribution in [2.45, 2.75) is 51.5 Å². The van der Waals surface area contributed by atoms with E-state index in [2.05, 4.69) is 0 Å². The number of hydrogen-bond acceptors (Lipinski definition) is 3. The second-order valence-corrected chi connectivity index (χ2v) is 7.35. The van der Waals surface area contributed by atoms with Gasteiger partial charge in [0.05, 0.1) is 17.7 Å². The lowest BCUT2D eigenvalue weighted by Crippen LogP contribution is -2.41. The topological polar surface area (TPSA) is 38.8 Å². The summed E-state index contributed by atoms with van der Waals surface area (Å²) in [4.78, 5) is 14.1. The summed E-state index contributed by atoms with van der Waals surface area (Å²) in [7, 11) is -0.500. The zero-order valence-electron chi connectivity index (χ0n) is 14.1. The van der Waals surface area contributed by atoms with Crippen molar-refractivity contribution >= 4 is 18.5 Å². The first-order valence-corrected chi connectivity index (χ1v) is 8.08. The normalized spacial score (nSPS) is 25.9. The molecule has 2 heterocycles. The molecule has 1 aromatic carbocycles. The smallest absolute Gasteiger partial charge is 0.399 e. The Balaban J connectivity index is 1.80. The number of halogens is 1. The van der Waals surface area contributed by atoms with Crippen molar-refractivity contribution in [2.24, 2.45) is 0 Å². The molecule has 0 aromatic heterocycles. The predicted octanol–water partition coefficient (Wildman–Crippen LogP) is 2.17. The third kappa shape index (κ3) is 3.02. The molecule has 1 amide bonds. The number of carbonyl (C=O) groups excluding carboxylic acids is 1. The van der Waals surface area contributed by atoms with E-state index in [4.69, 9.17) is 9.31 Å². The van der Waals surface area contributed by atoms with Gasteiger partial charge >= 0.3 is 7.12 Å². The Morgan fingerprint density at radius 2 is 1.91 bits per heavy atom. The molecule has 0 bridgehead atoms. The van der Waals surface area contributed by atoms with E-state index in [1.165, 1.54) is 0 Å². The van der Waals surface area contributed by atoms with Crippen LogP contribution in [0.15, 0.2) is 24.3 Å². The van der Waals surface area contributed by atoms with Crippen LogP contribution in [-0.4, -0.2) is 48.4 Å². The number of nitrogens with zero attached hydrogens (tertiary/aromatic N) is 1. The average Bonchev–Trinajstić information content (AvgIpc) is 3.00. The van der Waals surface area contributed by atoms with Gasteiger partial charge in [-0.3, -0.25) is 4.79 Å². The van der Waals surface area contributed by atoms with E-state index in [-0.39, 0.29) is 12.5 Å². The standard InChI is InChI=1S/C17H23BFNO3/c1-16(2)17(3,4)23-18(22-16)13-7-5-6-12(10-13)15(21)20-9-8-14(19)11-20/h5-7,10,14H,8-9,11H2,1-4H3/t14-/m0/s1. The Bertz CT molecular complexity index is 604. The van der Waals surface area contributed by atoms with Crippen LogP contribution in [0, 0.1) is 0 Å². The largest absolute Gasteiger partial charge is 0.494 e. The van der Waals surface area contributed by atoms with Crippen LogP contribution in [0.3, 0.4) is 0 Å². The highest BCUT2D eigenvalue weighted by Crippen LogP contribution is 2.36. The van der Waals surface area contributed by atoms with Gasteiger partial charge in [-0.2, -0.15) is 0 Å². The number of carbonyl (C=O) groups is 1. The first-order chi connectivity index (χ1) is 10.7. The summed E-state index contributed by atoms with van der Waals surface area (Å²) in [6.07, 6.45) is -0.493. The van der Waals surface area contributed by atoms with Gasteiger partial charge in [0.2, 0.25) is 0 Å². The number of benzene rings is 1. The zero-order valence-corrected chi connectivity index (χ0v) is 14.1. The van der Waals surface area contributed by atoms with Gasteiger partial charge < -0.3 is 14.2 Å². The van der Waals surface area contributed by atoms with Crippen molar-refractivity contribution in [3.8, 4) is 0 Å². The number of hydrogen-bond donors (Lipinski definition) is 0. The monoisotopic (exact) mass is 319 g/mol. The maximum atomic E-state index is 13.3. The summed E-state index contributed by atoms with van der Waals surface area (Å²) in [5.41, 5.74) is 0.513. The lowest BCUT2D eigenvalue weighted by Gasteiger charge is -2.32. The molecule has 124 valence electrons. The van der Waals surface area contributed by atoms with Crippen LogP contribution in [0.25, 0.3) is 0 Å². The van der Waals surface area contributed by atoms with Gasteiger partial charge in [0.1, 0.15) is 6.17 Å². The van der Waals surface area contributed by atoms with Crippen molar-refractivity contribution in [3.05, 3.63) is 29.8 Å². The Labute approximate surface area is 137 Å². The van der Waals surface area contributed by atoms with Crippen LogP contribution in [0.1, 0.15) is 44.5 Å². The van der Waals surface area contributed by atoms with Crippen LogP contribution in [0.2, 0.25) is 0 Å². The maximum absolute atomic E-state index is 13.3. The van der Waals surface area contributed by atoms with Crippen LogP contribution in [-0.2, 0) is 9.31 Å². The van der Waals surface area contributed by atoms with Crippen molar-refractivity contribution in [3.63, 3.8) is 0 Å². The summed E-state index contributed by atoms with van der Waals surface area (Å²) in [6, 6.07) is 7.25. The van der Waals surface area contributed by atoms with Crippen molar-refractivity contribution in [2.75, 3.05) is 13.1 Å². The molecule has 3 rings (SSSR count). The lowest BCUT2D eigenvalue weighted by atomic mass is 9.78. The number of rotatable bonds is 2. The zero-order chi connectivity index (χ0) is 16.8. The third-order valence-corrected chi connectivity index (χ3v) is 5.08. The Morgan fingerprint density at radius 1 is 1.26 bits per heavy atom. The second-order valence-electron chi connectivity index (χ2n) is 7.35. The van der Waals surface area contributed by atoms with Gasteiger partial charge in [0.15, 0.2) is 0 Å². The first-order valence-electron chi connectivity index (χ1n) is 8.08. The predicted molar refractivity (Wildman–Crippen MR) is 87.6 cm³/mol. The van der Waals surface area contributed by atoms with E-state index in [1.54, 1.807) is 17.0 Å². The summed E-state index contributed by atoms with van der Waals surface area (Å²) in [5.74, 6) is -0.136. The van der Waals surface area contributed by atoms with Gasteiger partial charge in [-0.05, 0) is 51.7 Å². The van der Waals surface area contributed by atoms with E-state index in [0.29, 0.717) is 18.5 Å². The van der Waals surface area contributed by atoms with Crippen molar-refractivity contribution in [1.82, 2.24) is 4.90 Å². The minimum atomic E-state index is -0.912. The molecule has 2 aliphatic heterocycles. The van der Waals surface area contributed by atoms with Gasteiger partial charge in [-0.1, -0.05) is 12.1 Å². The van der Waals surface area contributed by atoms with E-state index in [1.807, 2.05) is 39.8 Å². The summed E-state index contributed by atoms with van der Waals surface area (Å²) >= 11 is 0. The molecule has 0 N–H and O–H groups in total. The molecule has 1 aromatic rings. The maximum Gasteiger partial charge on any atom is 0.494 e. The third-order valence-electron chi connectivity index (χ3n) is 5.08. The van der Waals surface area contributed by atoms with E-state index in [9.17, 15) is 9.18 Å². The molecule has 0 radical (unpaired) electrons. The molecule has 4 nitrogen and oxygen atoms in total. The van der Waals surface area contributed by atoms with E-state index in [0.717, 1.165) is 5.46 Å². The molecule has 2 saturated heterocycles. The molecule has 6 heteroatoms. The Morgan fingerprint density at radius 3 is 2.48 bits per heavy atom. The Kier molecular flexibility index (Phi) is 4.01. The highest BCUT2D eigenvalue weighted by molar-refractivity contribution is 6.62. The second kappa shape index (κ2) is 5.60. The van der Waals surface area contributed by atoms with Crippen LogP contribution in [0.4, 0.5) is 4.39 Å². The van der Waals surface area contributed by atoms with Crippen molar-refractivity contribution in [1.29, 1.82) is 0 Å². The van der Waals surface area contributed by atoms with Gasteiger partial charge in [0, 0.05) is 12.1 Å². The van der Waals surface area contributed by atoms with E-state index >= 15 is 0 Å².